The molecular weight excluding hydrogens is 524 g/mol. The van der Waals surface area contributed by atoms with Crippen LogP contribution in [-0.4, -0.2) is 19.5 Å². The molecule has 0 aliphatic carbocycles. The summed E-state index contributed by atoms with van der Waals surface area (Å²) < 4.78 is 2.33. The number of hydrogen-bond donors (Lipinski definition) is 0. The van der Waals surface area contributed by atoms with Gasteiger partial charge in [-0.1, -0.05) is 121 Å². The molecule has 0 spiro atoms. The van der Waals surface area contributed by atoms with Gasteiger partial charge in [-0.05, 0) is 47.5 Å². The summed E-state index contributed by atoms with van der Waals surface area (Å²) in [5.41, 5.74) is 8.70. The van der Waals surface area contributed by atoms with Crippen LogP contribution >= 0.6 is 0 Å². The molecule has 0 saturated carbocycles. The van der Waals surface area contributed by atoms with Gasteiger partial charge in [0.15, 0.2) is 17.5 Å². The minimum absolute atomic E-state index is 0.652. The SMILES string of the molecule is c1ccc(-c2ccc(-n3c4ccccc4c4cc(-c5nc(-c6ccccc6)nc(-c6ccccc6)n5)ccc43)cc2)cc1. The zero-order valence-corrected chi connectivity index (χ0v) is 23.3. The molecule has 8 rings (SSSR count). The molecular formula is C39H26N4. The summed E-state index contributed by atoms with van der Waals surface area (Å²) >= 11 is 0. The van der Waals surface area contributed by atoms with Gasteiger partial charge in [-0.25, -0.2) is 15.0 Å². The third-order valence-electron chi connectivity index (χ3n) is 7.86. The van der Waals surface area contributed by atoms with E-state index in [1.54, 1.807) is 0 Å². The first-order valence-corrected chi connectivity index (χ1v) is 14.4. The zero-order chi connectivity index (χ0) is 28.6. The molecule has 4 heteroatoms. The van der Waals surface area contributed by atoms with E-state index in [1.165, 1.54) is 16.5 Å². The van der Waals surface area contributed by atoms with Gasteiger partial charge in [0.25, 0.3) is 0 Å². The summed E-state index contributed by atoms with van der Waals surface area (Å²) in [6.45, 7) is 0. The van der Waals surface area contributed by atoms with E-state index in [2.05, 4.69) is 95.6 Å². The maximum absolute atomic E-state index is 4.96. The first kappa shape index (κ1) is 24.9. The van der Waals surface area contributed by atoms with Gasteiger partial charge in [0.1, 0.15) is 0 Å². The lowest BCUT2D eigenvalue weighted by molar-refractivity contribution is 1.07. The van der Waals surface area contributed by atoms with Gasteiger partial charge in [-0.2, -0.15) is 0 Å². The Hall–Kier alpha value is -5.87. The molecule has 0 unspecified atom stereocenters. The van der Waals surface area contributed by atoms with Gasteiger partial charge in [-0.15, -0.1) is 0 Å². The van der Waals surface area contributed by atoms with Crippen LogP contribution in [0.2, 0.25) is 0 Å². The van der Waals surface area contributed by atoms with Gasteiger partial charge in [-0.3, -0.25) is 0 Å². The van der Waals surface area contributed by atoms with Crippen LogP contribution in [-0.2, 0) is 0 Å². The fourth-order valence-electron chi connectivity index (χ4n) is 5.76. The van der Waals surface area contributed by atoms with Gasteiger partial charge >= 0.3 is 0 Å². The van der Waals surface area contributed by atoms with E-state index in [1.807, 2.05) is 66.7 Å². The Balaban J connectivity index is 1.29. The van der Waals surface area contributed by atoms with Crippen LogP contribution in [0.3, 0.4) is 0 Å². The number of nitrogens with zero attached hydrogens (tertiary/aromatic N) is 4. The number of benzene rings is 6. The molecule has 0 amide bonds. The van der Waals surface area contributed by atoms with Crippen molar-refractivity contribution in [2.24, 2.45) is 0 Å². The van der Waals surface area contributed by atoms with Crippen molar-refractivity contribution in [3.05, 3.63) is 158 Å². The minimum atomic E-state index is 0.652. The van der Waals surface area contributed by atoms with E-state index in [0.717, 1.165) is 38.8 Å². The molecule has 0 fully saturated rings. The highest BCUT2D eigenvalue weighted by Gasteiger charge is 2.16. The molecule has 6 aromatic carbocycles. The highest BCUT2D eigenvalue weighted by Crippen LogP contribution is 2.35. The highest BCUT2D eigenvalue weighted by atomic mass is 15.0. The summed E-state index contributed by atoms with van der Waals surface area (Å²) in [5, 5.41) is 2.34. The van der Waals surface area contributed by atoms with E-state index >= 15 is 0 Å². The zero-order valence-electron chi connectivity index (χ0n) is 23.3. The van der Waals surface area contributed by atoms with Crippen molar-refractivity contribution in [2.45, 2.75) is 0 Å². The fraction of sp³-hybridized carbons (Fsp3) is 0. The van der Waals surface area contributed by atoms with Gasteiger partial charge in [0.05, 0.1) is 11.0 Å². The van der Waals surface area contributed by atoms with Crippen LogP contribution < -0.4 is 0 Å². The molecule has 8 aromatic rings. The maximum Gasteiger partial charge on any atom is 0.164 e. The normalized spacial score (nSPS) is 11.3. The minimum Gasteiger partial charge on any atom is -0.309 e. The molecule has 0 aliphatic heterocycles. The smallest absolute Gasteiger partial charge is 0.164 e. The number of fused-ring (bicyclic) bond motifs is 3. The van der Waals surface area contributed by atoms with Gasteiger partial charge < -0.3 is 4.57 Å². The number of hydrogen-bond acceptors (Lipinski definition) is 3. The summed E-state index contributed by atoms with van der Waals surface area (Å²) in [7, 11) is 0. The second-order valence-electron chi connectivity index (χ2n) is 10.5. The molecule has 0 N–H and O–H groups in total. The molecule has 0 radical (unpaired) electrons. The molecule has 4 nitrogen and oxygen atoms in total. The number of rotatable bonds is 5. The summed E-state index contributed by atoms with van der Waals surface area (Å²) in [5.74, 6) is 1.97. The quantitative estimate of drug-likeness (QED) is 0.214. The molecule has 0 saturated heterocycles. The largest absolute Gasteiger partial charge is 0.309 e. The van der Waals surface area contributed by atoms with Crippen molar-refractivity contribution in [3.63, 3.8) is 0 Å². The van der Waals surface area contributed by atoms with Crippen LogP contribution in [0.1, 0.15) is 0 Å². The van der Waals surface area contributed by atoms with Gasteiger partial charge in [0.2, 0.25) is 0 Å². The second kappa shape index (κ2) is 10.5. The van der Waals surface area contributed by atoms with E-state index in [-0.39, 0.29) is 0 Å². The third kappa shape index (κ3) is 4.55. The van der Waals surface area contributed by atoms with Crippen LogP contribution in [0.25, 0.3) is 72.8 Å². The van der Waals surface area contributed by atoms with Crippen molar-refractivity contribution in [1.29, 1.82) is 0 Å². The summed E-state index contributed by atoms with van der Waals surface area (Å²) in [6, 6.07) is 54.5. The lowest BCUT2D eigenvalue weighted by atomic mass is 10.1. The first-order chi connectivity index (χ1) is 21.3. The Labute approximate surface area is 249 Å². The molecule has 43 heavy (non-hydrogen) atoms. The number of para-hydroxylation sites is 1. The average Bonchev–Trinajstić information content (AvgIpc) is 3.43. The summed E-state index contributed by atoms with van der Waals surface area (Å²) in [6.07, 6.45) is 0. The Morgan fingerprint density at radius 1 is 0.326 bits per heavy atom. The predicted octanol–water partition coefficient (Wildman–Crippen LogP) is 9.64. The van der Waals surface area contributed by atoms with Crippen molar-refractivity contribution in [1.82, 2.24) is 19.5 Å². The third-order valence-corrected chi connectivity index (χ3v) is 7.86. The Morgan fingerprint density at radius 3 is 1.37 bits per heavy atom. The second-order valence-corrected chi connectivity index (χ2v) is 10.5. The van der Waals surface area contributed by atoms with E-state index < -0.39 is 0 Å². The van der Waals surface area contributed by atoms with Gasteiger partial charge in [0, 0.05) is 33.2 Å². The molecule has 2 heterocycles. The molecule has 2 aromatic heterocycles. The van der Waals surface area contributed by atoms with E-state index in [0.29, 0.717) is 17.5 Å². The Kier molecular flexibility index (Phi) is 6.08. The average molecular weight is 551 g/mol. The fourth-order valence-corrected chi connectivity index (χ4v) is 5.76. The van der Waals surface area contributed by atoms with Crippen molar-refractivity contribution < 1.29 is 0 Å². The van der Waals surface area contributed by atoms with Crippen molar-refractivity contribution in [3.8, 4) is 51.0 Å². The Morgan fingerprint density at radius 2 is 0.767 bits per heavy atom. The first-order valence-electron chi connectivity index (χ1n) is 14.4. The predicted molar refractivity (Wildman–Crippen MR) is 176 cm³/mol. The Bertz CT molecular complexity index is 2150. The monoisotopic (exact) mass is 550 g/mol. The molecule has 0 bridgehead atoms. The topological polar surface area (TPSA) is 43.6 Å². The lowest BCUT2D eigenvalue weighted by Crippen LogP contribution is -2.00. The van der Waals surface area contributed by atoms with E-state index in [4.69, 9.17) is 15.0 Å². The molecule has 0 aliphatic rings. The van der Waals surface area contributed by atoms with Crippen LogP contribution in [0.5, 0.6) is 0 Å². The summed E-state index contributed by atoms with van der Waals surface area (Å²) in [4.78, 5) is 14.8. The molecule has 0 atom stereocenters. The van der Waals surface area contributed by atoms with Crippen LogP contribution in [0.4, 0.5) is 0 Å². The highest BCUT2D eigenvalue weighted by molar-refractivity contribution is 6.10. The standard InChI is InChI=1S/C39H26N4/c1-4-12-27(13-5-1)28-20-23-32(24-21-28)43-35-19-11-10-18-33(35)34-26-31(22-25-36(34)43)39-41-37(29-14-6-2-7-15-29)40-38(42-39)30-16-8-3-9-17-30/h1-26H. The lowest BCUT2D eigenvalue weighted by Gasteiger charge is -2.10. The van der Waals surface area contributed by atoms with Crippen LogP contribution in [0.15, 0.2) is 158 Å². The number of aromatic nitrogens is 4. The molecule has 202 valence electrons. The van der Waals surface area contributed by atoms with Crippen molar-refractivity contribution >= 4 is 21.8 Å². The maximum atomic E-state index is 4.96. The van der Waals surface area contributed by atoms with Crippen molar-refractivity contribution in [2.75, 3.05) is 0 Å². The van der Waals surface area contributed by atoms with E-state index in [9.17, 15) is 0 Å². The van der Waals surface area contributed by atoms with Crippen LogP contribution in [0, 0.1) is 0 Å².